The number of hydrogen-bond acceptors (Lipinski definition) is 2. The van der Waals surface area contributed by atoms with E-state index < -0.39 is 5.60 Å². The summed E-state index contributed by atoms with van der Waals surface area (Å²) < 4.78 is 0. The van der Waals surface area contributed by atoms with Gasteiger partial charge < -0.3 is 15.7 Å². The van der Waals surface area contributed by atoms with Gasteiger partial charge in [-0.05, 0) is 43.2 Å². The molecule has 0 saturated heterocycles. The molecule has 102 valence electrons. The second-order valence-corrected chi connectivity index (χ2v) is 5.69. The molecule has 19 heavy (non-hydrogen) atoms. The topological polar surface area (TPSA) is 61.4 Å². The van der Waals surface area contributed by atoms with E-state index in [-0.39, 0.29) is 12.1 Å². The van der Waals surface area contributed by atoms with Crippen LogP contribution >= 0.6 is 0 Å². The molecule has 2 amide bonds. The number of nitrogens with one attached hydrogen (secondary N) is 2. The largest absolute Gasteiger partial charge is 0.388 e. The van der Waals surface area contributed by atoms with Crippen molar-refractivity contribution < 1.29 is 9.90 Å². The first-order valence-electron chi connectivity index (χ1n) is 7.01. The molecule has 2 aliphatic carbocycles. The summed E-state index contributed by atoms with van der Waals surface area (Å²) in [5, 5.41) is 15.7. The Labute approximate surface area is 113 Å². The number of benzene rings is 1. The van der Waals surface area contributed by atoms with E-state index in [1.807, 2.05) is 12.1 Å². The van der Waals surface area contributed by atoms with Crippen LogP contribution < -0.4 is 10.6 Å². The van der Waals surface area contributed by atoms with E-state index in [0.717, 1.165) is 32.1 Å². The molecule has 1 fully saturated rings. The molecule has 4 nitrogen and oxygen atoms in total. The van der Waals surface area contributed by atoms with Crippen molar-refractivity contribution in [1.29, 1.82) is 0 Å². The lowest BCUT2D eigenvalue weighted by molar-refractivity contribution is -0.0290. The lowest BCUT2D eigenvalue weighted by Crippen LogP contribution is -2.50. The fourth-order valence-electron chi connectivity index (χ4n) is 2.92. The summed E-state index contributed by atoms with van der Waals surface area (Å²) in [5.74, 6) is 0. The Morgan fingerprint density at radius 1 is 1.37 bits per heavy atom. The number of hydrogen-bond donors (Lipinski definition) is 3. The van der Waals surface area contributed by atoms with Crippen molar-refractivity contribution in [2.24, 2.45) is 0 Å². The lowest BCUT2D eigenvalue weighted by Gasteiger charge is -2.36. The number of amides is 2. The van der Waals surface area contributed by atoms with Gasteiger partial charge in [-0.3, -0.25) is 0 Å². The van der Waals surface area contributed by atoms with Gasteiger partial charge in [-0.15, -0.1) is 0 Å². The zero-order valence-electron chi connectivity index (χ0n) is 11.0. The van der Waals surface area contributed by atoms with Gasteiger partial charge in [0.1, 0.15) is 0 Å². The van der Waals surface area contributed by atoms with Crippen LogP contribution in [0.2, 0.25) is 0 Å². The zero-order valence-corrected chi connectivity index (χ0v) is 11.0. The minimum absolute atomic E-state index is 0.104. The molecule has 1 saturated carbocycles. The second-order valence-electron chi connectivity index (χ2n) is 5.69. The third-order valence-electron chi connectivity index (χ3n) is 4.30. The average molecular weight is 260 g/mol. The van der Waals surface area contributed by atoms with Crippen LogP contribution in [0.5, 0.6) is 0 Å². The van der Waals surface area contributed by atoms with Crippen molar-refractivity contribution in [1.82, 2.24) is 10.6 Å². The third-order valence-corrected chi connectivity index (χ3v) is 4.30. The minimum Gasteiger partial charge on any atom is -0.388 e. The number of carbonyl (C=O) groups is 1. The molecule has 4 heteroatoms. The number of fused-ring (bicyclic) bond motifs is 1. The highest BCUT2D eigenvalue weighted by Crippen LogP contribution is 2.31. The summed E-state index contributed by atoms with van der Waals surface area (Å²) in [4.78, 5) is 11.9. The standard InChI is InChI=1S/C15H20N2O2/c18-14(16-10-15(19)8-3-9-15)17-13-7-6-11-4-1-2-5-12(11)13/h1-2,4-5,13,19H,3,6-10H2,(H2,16,17,18). The molecule has 0 aromatic heterocycles. The van der Waals surface area contributed by atoms with Crippen LogP contribution in [0.3, 0.4) is 0 Å². The molecule has 0 spiro atoms. The van der Waals surface area contributed by atoms with Crippen molar-refractivity contribution >= 4 is 6.03 Å². The average Bonchev–Trinajstić information content (AvgIpc) is 2.78. The SMILES string of the molecule is O=C(NCC1(O)CCC1)NC1CCc2ccccc21. The van der Waals surface area contributed by atoms with Gasteiger partial charge in [-0.1, -0.05) is 24.3 Å². The first-order valence-corrected chi connectivity index (χ1v) is 7.01. The first kappa shape index (κ1) is 12.5. The molecule has 1 unspecified atom stereocenters. The number of rotatable bonds is 3. The predicted molar refractivity (Wildman–Crippen MR) is 72.8 cm³/mol. The second kappa shape index (κ2) is 4.85. The van der Waals surface area contributed by atoms with Crippen LogP contribution in [0.4, 0.5) is 4.79 Å². The Kier molecular flexibility index (Phi) is 3.19. The van der Waals surface area contributed by atoms with Crippen molar-refractivity contribution in [2.45, 2.75) is 43.7 Å². The normalized spacial score (nSPS) is 23.3. The van der Waals surface area contributed by atoms with E-state index in [1.165, 1.54) is 11.1 Å². The summed E-state index contributed by atoms with van der Waals surface area (Å²) in [6.07, 6.45) is 4.61. The Hall–Kier alpha value is -1.55. The fourth-order valence-corrected chi connectivity index (χ4v) is 2.92. The Morgan fingerprint density at radius 2 is 2.16 bits per heavy atom. The Bertz CT molecular complexity index is 483. The van der Waals surface area contributed by atoms with Gasteiger partial charge in [0.2, 0.25) is 0 Å². The van der Waals surface area contributed by atoms with E-state index in [2.05, 4.69) is 22.8 Å². The van der Waals surface area contributed by atoms with E-state index >= 15 is 0 Å². The first-order chi connectivity index (χ1) is 9.16. The Balaban J connectivity index is 1.53. The van der Waals surface area contributed by atoms with Crippen LogP contribution in [-0.4, -0.2) is 23.3 Å². The molecule has 0 heterocycles. The maximum Gasteiger partial charge on any atom is 0.315 e. The highest BCUT2D eigenvalue weighted by molar-refractivity contribution is 5.74. The highest BCUT2D eigenvalue weighted by Gasteiger charge is 2.34. The van der Waals surface area contributed by atoms with Crippen molar-refractivity contribution in [2.75, 3.05) is 6.54 Å². The van der Waals surface area contributed by atoms with Gasteiger partial charge in [0.15, 0.2) is 0 Å². The van der Waals surface area contributed by atoms with E-state index in [9.17, 15) is 9.90 Å². The predicted octanol–water partition coefficient (Wildman–Crippen LogP) is 1.89. The summed E-state index contributed by atoms with van der Waals surface area (Å²) >= 11 is 0. The minimum atomic E-state index is -0.662. The number of carbonyl (C=O) groups excluding carboxylic acids is 1. The van der Waals surface area contributed by atoms with Crippen molar-refractivity contribution in [3.8, 4) is 0 Å². The summed E-state index contributed by atoms with van der Waals surface area (Å²) in [5.41, 5.74) is 1.88. The summed E-state index contributed by atoms with van der Waals surface area (Å²) in [7, 11) is 0. The molecule has 3 rings (SSSR count). The highest BCUT2D eigenvalue weighted by atomic mass is 16.3. The molecule has 0 bridgehead atoms. The van der Waals surface area contributed by atoms with E-state index in [1.54, 1.807) is 0 Å². The number of aryl methyl sites for hydroxylation is 1. The smallest absolute Gasteiger partial charge is 0.315 e. The van der Waals surface area contributed by atoms with Crippen molar-refractivity contribution in [3.05, 3.63) is 35.4 Å². The van der Waals surface area contributed by atoms with Crippen LogP contribution in [0, 0.1) is 0 Å². The number of urea groups is 1. The molecule has 1 aromatic rings. The van der Waals surface area contributed by atoms with E-state index in [4.69, 9.17) is 0 Å². The van der Waals surface area contributed by atoms with Crippen LogP contribution in [-0.2, 0) is 6.42 Å². The number of aliphatic hydroxyl groups is 1. The third kappa shape index (κ3) is 2.59. The molecule has 3 N–H and O–H groups in total. The Morgan fingerprint density at radius 3 is 2.89 bits per heavy atom. The fraction of sp³-hybridized carbons (Fsp3) is 0.533. The lowest BCUT2D eigenvalue weighted by atomic mass is 9.80. The van der Waals surface area contributed by atoms with E-state index in [0.29, 0.717) is 6.54 Å². The monoisotopic (exact) mass is 260 g/mol. The summed E-state index contributed by atoms with van der Waals surface area (Å²) in [6, 6.07) is 8.16. The maximum absolute atomic E-state index is 11.9. The molecule has 1 aromatic carbocycles. The van der Waals surface area contributed by atoms with Gasteiger partial charge in [-0.25, -0.2) is 4.79 Å². The van der Waals surface area contributed by atoms with Crippen molar-refractivity contribution in [3.63, 3.8) is 0 Å². The molecular weight excluding hydrogens is 240 g/mol. The molecular formula is C15H20N2O2. The maximum atomic E-state index is 11.9. The molecule has 0 radical (unpaired) electrons. The van der Waals surface area contributed by atoms with Gasteiger partial charge in [0.25, 0.3) is 0 Å². The summed E-state index contributed by atoms with van der Waals surface area (Å²) in [6.45, 7) is 0.354. The van der Waals surface area contributed by atoms with Crippen LogP contribution in [0.1, 0.15) is 42.9 Å². The van der Waals surface area contributed by atoms with Gasteiger partial charge in [0.05, 0.1) is 11.6 Å². The van der Waals surface area contributed by atoms with Gasteiger partial charge in [0, 0.05) is 6.54 Å². The molecule has 1 atom stereocenters. The zero-order chi connectivity index (χ0) is 13.3. The van der Waals surface area contributed by atoms with Gasteiger partial charge in [-0.2, -0.15) is 0 Å². The van der Waals surface area contributed by atoms with Crippen LogP contribution in [0.15, 0.2) is 24.3 Å². The molecule has 0 aliphatic heterocycles. The van der Waals surface area contributed by atoms with Gasteiger partial charge >= 0.3 is 6.03 Å². The van der Waals surface area contributed by atoms with Crippen LogP contribution in [0.25, 0.3) is 0 Å². The molecule has 2 aliphatic rings. The quantitative estimate of drug-likeness (QED) is 0.777.